The number of ether oxygens (including phenoxy) is 1. The molecule has 0 unspecified atom stereocenters. The molecule has 1 aliphatic heterocycles. The summed E-state index contributed by atoms with van der Waals surface area (Å²) < 4.78 is 5.36. The van der Waals surface area contributed by atoms with Crippen LogP contribution >= 0.6 is 0 Å². The summed E-state index contributed by atoms with van der Waals surface area (Å²) in [4.78, 5) is 14.8. The number of ketones is 1. The van der Waals surface area contributed by atoms with Gasteiger partial charge in [0.05, 0.1) is 13.2 Å². The van der Waals surface area contributed by atoms with Crippen molar-refractivity contribution in [2.75, 3.05) is 26.3 Å². The van der Waals surface area contributed by atoms with E-state index in [4.69, 9.17) is 4.74 Å². The van der Waals surface area contributed by atoms with Gasteiger partial charge in [0.1, 0.15) is 0 Å². The third-order valence-corrected chi connectivity index (χ3v) is 3.74. The van der Waals surface area contributed by atoms with Crippen molar-refractivity contribution in [1.82, 2.24) is 4.90 Å². The van der Waals surface area contributed by atoms with Gasteiger partial charge in [-0.3, -0.25) is 9.69 Å². The monoisotopic (exact) mass is 281 g/mol. The second kappa shape index (κ2) is 6.66. The van der Waals surface area contributed by atoms with Crippen LogP contribution in [0.15, 0.2) is 54.6 Å². The van der Waals surface area contributed by atoms with Crippen LogP contribution in [0.2, 0.25) is 0 Å². The van der Waals surface area contributed by atoms with Crippen LogP contribution in [0.25, 0.3) is 0 Å². The Kier molecular flexibility index (Phi) is 4.43. The molecule has 1 heterocycles. The Morgan fingerprint density at radius 2 is 1.67 bits per heavy atom. The van der Waals surface area contributed by atoms with Crippen molar-refractivity contribution in [3.8, 4) is 0 Å². The predicted molar refractivity (Wildman–Crippen MR) is 82.4 cm³/mol. The number of hydrogen-bond acceptors (Lipinski definition) is 3. The Balaban J connectivity index is 1.75. The van der Waals surface area contributed by atoms with Gasteiger partial charge in [0, 0.05) is 30.8 Å². The lowest BCUT2D eigenvalue weighted by atomic mass is 10.0. The van der Waals surface area contributed by atoms with Gasteiger partial charge < -0.3 is 4.74 Å². The molecule has 0 amide bonds. The van der Waals surface area contributed by atoms with E-state index in [1.807, 2.05) is 48.5 Å². The molecule has 1 fully saturated rings. The highest BCUT2D eigenvalue weighted by atomic mass is 16.5. The van der Waals surface area contributed by atoms with Gasteiger partial charge >= 0.3 is 0 Å². The lowest BCUT2D eigenvalue weighted by Crippen LogP contribution is -2.35. The number of carbonyl (C=O) groups excluding carboxylic acids is 1. The van der Waals surface area contributed by atoms with Crippen molar-refractivity contribution >= 4 is 5.78 Å². The van der Waals surface area contributed by atoms with E-state index in [2.05, 4.69) is 11.0 Å². The quantitative estimate of drug-likeness (QED) is 0.807. The number of benzene rings is 2. The summed E-state index contributed by atoms with van der Waals surface area (Å²) in [6.45, 7) is 4.37. The summed E-state index contributed by atoms with van der Waals surface area (Å²) in [6.07, 6.45) is 0. The zero-order valence-electron chi connectivity index (χ0n) is 12.0. The second-order valence-corrected chi connectivity index (χ2v) is 5.28. The van der Waals surface area contributed by atoms with Gasteiger partial charge in [0.2, 0.25) is 0 Å². The minimum atomic E-state index is 0.0828. The van der Waals surface area contributed by atoms with E-state index in [1.54, 1.807) is 0 Å². The summed E-state index contributed by atoms with van der Waals surface area (Å²) in [5.74, 6) is 0.0828. The van der Waals surface area contributed by atoms with E-state index < -0.39 is 0 Å². The molecule has 0 aliphatic carbocycles. The normalized spacial score (nSPS) is 15.8. The first-order valence-electron chi connectivity index (χ1n) is 7.32. The number of hydrogen-bond donors (Lipinski definition) is 0. The molecule has 0 radical (unpaired) electrons. The maximum atomic E-state index is 12.5. The van der Waals surface area contributed by atoms with Crippen LogP contribution in [0, 0.1) is 0 Å². The van der Waals surface area contributed by atoms with Gasteiger partial charge in [0.15, 0.2) is 5.78 Å². The summed E-state index contributed by atoms with van der Waals surface area (Å²) in [5.41, 5.74) is 2.67. The van der Waals surface area contributed by atoms with Crippen LogP contribution in [0.3, 0.4) is 0 Å². The molecule has 0 spiro atoms. The lowest BCUT2D eigenvalue weighted by molar-refractivity contribution is 0.0342. The minimum absolute atomic E-state index is 0.0828. The number of carbonyl (C=O) groups is 1. The Hall–Kier alpha value is -1.97. The molecule has 0 atom stereocenters. The number of morpholine rings is 1. The topological polar surface area (TPSA) is 29.5 Å². The van der Waals surface area contributed by atoms with Crippen LogP contribution in [-0.2, 0) is 11.3 Å². The van der Waals surface area contributed by atoms with E-state index in [-0.39, 0.29) is 5.78 Å². The molecular formula is C18H19NO2. The maximum absolute atomic E-state index is 12.5. The van der Waals surface area contributed by atoms with E-state index in [0.717, 1.165) is 44.0 Å². The second-order valence-electron chi connectivity index (χ2n) is 5.28. The summed E-state index contributed by atoms with van der Waals surface area (Å²) in [6, 6.07) is 17.4. The molecule has 3 heteroatoms. The fraction of sp³-hybridized carbons (Fsp3) is 0.278. The van der Waals surface area contributed by atoms with Gasteiger partial charge in [-0.1, -0.05) is 48.5 Å². The van der Waals surface area contributed by atoms with Gasteiger partial charge in [-0.25, -0.2) is 0 Å². The van der Waals surface area contributed by atoms with Crippen molar-refractivity contribution in [1.29, 1.82) is 0 Å². The molecule has 21 heavy (non-hydrogen) atoms. The summed E-state index contributed by atoms with van der Waals surface area (Å²) in [5, 5.41) is 0. The van der Waals surface area contributed by atoms with Gasteiger partial charge in [-0.2, -0.15) is 0 Å². The summed E-state index contributed by atoms with van der Waals surface area (Å²) >= 11 is 0. The molecule has 1 saturated heterocycles. The number of nitrogens with zero attached hydrogens (tertiary/aromatic N) is 1. The molecule has 2 aromatic carbocycles. The fourth-order valence-corrected chi connectivity index (χ4v) is 2.58. The van der Waals surface area contributed by atoms with Gasteiger partial charge in [-0.15, -0.1) is 0 Å². The highest BCUT2D eigenvalue weighted by molar-refractivity contribution is 6.09. The largest absolute Gasteiger partial charge is 0.379 e. The summed E-state index contributed by atoms with van der Waals surface area (Å²) in [7, 11) is 0. The smallest absolute Gasteiger partial charge is 0.193 e. The third-order valence-electron chi connectivity index (χ3n) is 3.74. The van der Waals surface area contributed by atoms with Gasteiger partial charge in [0.25, 0.3) is 0 Å². The first-order valence-corrected chi connectivity index (χ1v) is 7.32. The molecular weight excluding hydrogens is 262 g/mol. The third kappa shape index (κ3) is 3.57. The molecule has 0 aromatic heterocycles. The Morgan fingerprint density at radius 3 is 2.43 bits per heavy atom. The maximum Gasteiger partial charge on any atom is 0.193 e. The molecule has 2 aromatic rings. The van der Waals surface area contributed by atoms with Crippen LogP contribution in [0.1, 0.15) is 21.5 Å². The SMILES string of the molecule is O=C(c1ccccc1)c1cccc(CN2CCOCC2)c1. The van der Waals surface area contributed by atoms with Gasteiger partial charge in [-0.05, 0) is 11.6 Å². The molecule has 3 nitrogen and oxygen atoms in total. The number of rotatable bonds is 4. The van der Waals surface area contributed by atoms with E-state index in [1.165, 1.54) is 5.56 Å². The Bertz CT molecular complexity index is 604. The average Bonchev–Trinajstić information content (AvgIpc) is 2.56. The zero-order valence-corrected chi connectivity index (χ0v) is 12.0. The van der Waals surface area contributed by atoms with Crippen molar-refractivity contribution < 1.29 is 9.53 Å². The highest BCUT2D eigenvalue weighted by Gasteiger charge is 2.13. The first-order chi connectivity index (χ1) is 10.3. The highest BCUT2D eigenvalue weighted by Crippen LogP contribution is 2.14. The molecule has 108 valence electrons. The molecule has 3 rings (SSSR count). The molecule has 0 saturated carbocycles. The average molecular weight is 281 g/mol. The molecule has 1 aliphatic rings. The van der Waals surface area contributed by atoms with Crippen molar-refractivity contribution in [2.45, 2.75) is 6.54 Å². The van der Waals surface area contributed by atoms with Crippen molar-refractivity contribution in [2.24, 2.45) is 0 Å². The van der Waals surface area contributed by atoms with Crippen molar-refractivity contribution in [3.05, 3.63) is 71.3 Å². The standard InChI is InChI=1S/C18H19NO2/c20-18(16-6-2-1-3-7-16)17-8-4-5-15(13-17)14-19-9-11-21-12-10-19/h1-8,13H,9-12,14H2. The molecule has 0 bridgehead atoms. The zero-order chi connectivity index (χ0) is 14.5. The van der Waals surface area contributed by atoms with Crippen LogP contribution < -0.4 is 0 Å². The Morgan fingerprint density at radius 1 is 0.952 bits per heavy atom. The molecule has 0 N–H and O–H groups in total. The van der Waals surface area contributed by atoms with E-state index >= 15 is 0 Å². The van der Waals surface area contributed by atoms with Crippen LogP contribution in [0.5, 0.6) is 0 Å². The first kappa shape index (κ1) is 14.0. The fourth-order valence-electron chi connectivity index (χ4n) is 2.58. The van der Waals surface area contributed by atoms with Crippen LogP contribution in [0.4, 0.5) is 0 Å². The van der Waals surface area contributed by atoms with Crippen LogP contribution in [-0.4, -0.2) is 37.0 Å². The lowest BCUT2D eigenvalue weighted by Gasteiger charge is -2.26. The predicted octanol–water partition coefficient (Wildman–Crippen LogP) is 2.75. The van der Waals surface area contributed by atoms with Crippen molar-refractivity contribution in [3.63, 3.8) is 0 Å². The van der Waals surface area contributed by atoms with E-state index in [0.29, 0.717) is 0 Å². The minimum Gasteiger partial charge on any atom is -0.379 e. The Labute approximate surface area is 125 Å². The van der Waals surface area contributed by atoms with E-state index in [9.17, 15) is 4.79 Å².